The molecule has 0 aliphatic carbocycles. The molecule has 2 aromatic carbocycles. The fraction of sp³-hybridized carbons (Fsp3) is 0.316. The van der Waals surface area contributed by atoms with E-state index >= 15 is 0 Å². The highest BCUT2D eigenvalue weighted by Gasteiger charge is 2.08. The normalized spacial score (nSPS) is 11.1. The molecule has 1 N–H and O–H groups in total. The van der Waals surface area contributed by atoms with Crippen LogP contribution in [0.25, 0.3) is 0 Å². The van der Waals surface area contributed by atoms with Crippen LogP contribution in [-0.2, 0) is 0 Å². The molecule has 2 rings (SSSR count). The molecule has 4 nitrogen and oxygen atoms in total. The number of nitrogens with zero attached hydrogens (tertiary/aromatic N) is 1. The van der Waals surface area contributed by atoms with E-state index in [0.717, 1.165) is 17.1 Å². The highest BCUT2D eigenvalue weighted by Crippen LogP contribution is 2.27. The van der Waals surface area contributed by atoms with Crippen LogP contribution >= 0.6 is 0 Å². The molecule has 0 spiro atoms. The van der Waals surface area contributed by atoms with Gasteiger partial charge in [-0.15, -0.1) is 0 Å². The van der Waals surface area contributed by atoms with Gasteiger partial charge in [0.05, 0.1) is 6.21 Å². The van der Waals surface area contributed by atoms with E-state index < -0.39 is 0 Å². The van der Waals surface area contributed by atoms with Crippen molar-refractivity contribution in [2.45, 2.75) is 26.7 Å². The van der Waals surface area contributed by atoms with Gasteiger partial charge < -0.3 is 14.7 Å². The number of aryl methyl sites for hydroxylation is 1. The summed E-state index contributed by atoms with van der Waals surface area (Å²) < 4.78 is 11.5. The van der Waals surface area contributed by atoms with E-state index in [1.165, 1.54) is 17.3 Å². The number of hydrogen-bond acceptors (Lipinski definition) is 4. The standard InChI is InChI=1S/C19H23NO3/c1-14(2)18-9-4-15(3)12-19(18)23-11-10-22-17-7-5-16(6-8-17)13-20-21/h4-9,12-14,21H,10-11H2,1-3H3. The summed E-state index contributed by atoms with van der Waals surface area (Å²) in [5.74, 6) is 2.11. The van der Waals surface area contributed by atoms with Crippen LogP contribution < -0.4 is 9.47 Å². The summed E-state index contributed by atoms with van der Waals surface area (Å²) in [4.78, 5) is 0. The predicted molar refractivity (Wildman–Crippen MR) is 92.1 cm³/mol. The molecule has 0 aromatic heterocycles. The first-order valence-corrected chi connectivity index (χ1v) is 7.74. The number of hydrogen-bond donors (Lipinski definition) is 1. The minimum absolute atomic E-state index is 0.423. The Morgan fingerprint density at radius 3 is 2.39 bits per heavy atom. The molecule has 0 saturated carbocycles. The molecule has 0 saturated heterocycles. The second-order valence-electron chi connectivity index (χ2n) is 5.71. The highest BCUT2D eigenvalue weighted by atomic mass is 16.5. The van der Waals surface area contributed by atoms with E-state index in [4.69, 9.17) is 14.7 Å². The number of oxime groups is 1. The van der Waals surface area contributed by atoms with E-state index in [1.807, 2.05) is 24.3 Å². The molecule has 2 aromatic rings. The predicted octanol–water partition coefficient (Wildman–Crippen LogP) is 4.38. The average molecular weight is 313 g/mol. The first-order chi connectivity index (χ1) is 11.1. The molecule has 0 heterocycles. The summed E-state index contributed by atoms with van der Waals surface area (Å²) >= 11 is 0. The third-order valence-corrected chi connectivity index (χ3v) is 3.49. The second-order valence-corrected chi connectivity index (χ2v) is 5.71. The van der Waals surface area contributed by atoms with Crippen LogP contribution in [0.5, 0.6) is 11.5 Å². The Balaban J connectivity index is 1.87. The van der Waals surface area contributed by atoms with Crippen molar-refractivity contribution < 1.29 is 14.7 Å². The zero-order chi connectivity index (χ0) is 16.7. The lowest BCUT2D eigenvalue weighted by Crippen LogP contribution is -2.10. The lowest BCUT2D eigenvalue weighted by Gasteiger charge is -2.15. The second kappa shape index (κ2) is 8.22. The minimum Gasteiger partial charge on any atom is -0.490 e. The molecule has 0 atom stereocenters. The SMILES string of the molecule is Cc1ccc(C(C)C)c(OCCOc2ccc(C=NO)cc2)c1. The Morgan fingerprint density at radius 1 is 1.04 bits per heavy atom. The fourth-order valence-corrected chi connectivity index (χ4v) is 2.27. The molecule has 0 aliphatic heterocycles. The van der Waals surface area contributed by atoms with Crippen molar-refractivity contribution in [2.75, 3.05) is 13.2 Å². The maximum absolute atomic E-state index is 8.47. The number of rotatable bonds is 7. The number of benzene rings is 2. The zero-order valence-corrected chi connectivity index (χ0v) is 13.8. The van der Waals surface area contributed by atoms with Gasteiger partial charge in [-0.2, -0.15) is 0 Å². The van der Waals surface area contributed by atoms with Crippen molar-refractivity contribution in [1.29, 1.82) is 0 Å². The summed E-state index contributed by atoms with van der Waals surface area (Å²) in [7, 11) is 0. The van der Waals surface area contributed by atoms with Gasteiger partial charge in [0.25, 0.3) is 0 Å². The average Bonchev–Trinajstić information content (AvgIpc) is 2.53. The van der Waals surface area contributed by atoms with Crippen LogP contribution in [0.4, 0.5) is 0 Å². The van der Waals surface area contributed by atoms with Crippen LogP contribution in [0.1, 0.15) is 36.5 Å². The molecule has 0 radical (unpaired) electrons. The molecule has 4 heteroatoms. The Morgan fingerprint density at radius 2 is 1.74 bits per heavy atom. The van der Waals surface area contributed by atoms with Gasteiger partial charge in [-0.05, 0) is 59.9 Å². The molecule has 0 bridgehead atoms. The lowest BCUT2D eigenvalue weighted by atomic mass is 10.0. The van der Waals surface area contributed by atoms with Gasteiger partial charge in [0, 0.05) is 0 Å². The quantitative estimate of drug-likeness (QED) is 0.357. The van der Waals surface area contributed by atoms with Gasteiger partial charge in [-0.3, -0.25) is 0 Å². The Labute approximate surface area is 137 Å². The van der Waals surface area contributed by atoms with Gasteiger partial charge in [0.2, 0.25) is 0 Å². The molecular formula is C19H23NO3. The Hall–Kier alpha value is -2.49. The largest absolute Gasteiger partial charge is 0.490 e. The van der Waals surface area contributed by atoms with Gasteiger partial charge in [0.15, 0.2) is 0 Å². The molecule has 0 amide bonds. The third kappa shape index (κ3) is 5.02. The van der Waals surface area contributed by atoms with Crippen LogP contribution in [0.15, 0.2) is 47.6 Å². The lowest BCUT2D eigenvalue weighted by molar-refractivity contribution is 0.215. The van der Waals surface area contributed by atoms with Crippen molar-refractivity contribution in [1.82, 2.24) is 0 Å². The van der Waals surface area contributed by atoms with Gasteiger partial charge in [0.1, 0.15) is 24.7 Å². The summed E-state index contributed by atoms with van der Waals surface area (Å²) in [6, 6.07) is 13.6. The highest BCUT2D eigenvalue weighted by molar-refractivity contribution is 5.79. The van der Waals surface area contributed by atoms with Crippen molar-refractivity contribution in [2.24, 2.45) is 5.16 Å². The first kappa shape index (κ1) is 16.9. The monoisotopic (exact) mass is 313 g/mol. The van der Waals surface area contributed by atoms with Gasteiger partial charge in [-0.1, -0.05) is 31.1 Å². The molecule has 122 valence electrons. The van der Waals surface area contributed by atoms with E-state index in [2.05, 4.69) is 44.1 Å². The van der Waals surface area contributed by atoms with E-state index in [9.17, 15) is 0 Å². The maximum atomic E-state index is 8.47. The van der Waals surface area contributed by atoms with Crippen LogP contribution in [0.3, 0.4) is 0 Å². The van der Waals surface area contributed by atoms with E-state index in [1.54, 1.807) is 0 Å². The fourth-order valence-electron chi connectivity index (χ4n) is 2.27. The zero-order valence-electron chi connectivity index (χ0n) is 13.8. The Bertz CT molecular complexity index is 648. The van der Waals surface area contributed by atoms with Crippen LogP contribution in [-0.4, -0.2) is 24.6 Å². The summed E-state index contributed by atoms with van der Waals surface area (Å²) in [5, 5.41) is 11.5. The van der Waals surface area contributed by atoms with E-state index in [0.29, 0.717) is 19.1 Å². The molecule has 0 unspecified atom stereocenters. The van der Waals surface area contributed by atoms with E-state index in [-0.39, 0.29) is 0 Å². The van der Waals surface area contributed by atoms with Crippen molar-refractivity contribution in [3.63, 3.8) is 0 Å². The third-order valence-electron chi connectivity index (χ3n) is 3.49. The summed E-state index contributed by atoms with van der Waals surface area (Å²) in [5.41, 5.74) is 3.21. The van der Waals surface area contributed by atoms with Crippen LogP contribution in [0, 0.1) is 6.92 Å². The molecular weight excluding hydrogens is 290 g/mol. The van der Waals surface area contributed by atoms with Crippen molar-refractivity contribution >= 4 is 6.21 Å². The van der Waals surface area contributed by atoms with Crippen LogP contribution in [0.2, 0.25) is 0 Å². The van der Waals surface area contributed by atoms with Gasteiger partial charge >= 0.3 is 0 Å². The number of ether oxygens (including phenoxy) is 2. The summed E-state index contributed by atoms with van der Waals surface area (Å²) in [6.45, 7) is 7.34. The molecule has 23 heavy (non-hydrogen) atoms. The summed E-state index contributed by atoms with van der Waals surface area (Å²) in [6.07, 6.45) is 1.37. The molecule has 0 fully saturated rings. The topological polar surface area (TPSA) is 51.0 Å². The van der Waals surface area contributed by atoms with Crippen molar-refractivity contribution in [3.05, 3.63) is 59.2 Å². The first-order valence-electron chi connectivity index (χ1n) is 7.74. The smallest absolute Gasteiger partial charge is 0.123 e. The van der Waals surface area contributed by atoms with Crippen molar-refractivity contribution in [3.8, 4) is 11.5 Å². The maximum Gasteiger partial charge on any atom is 0.123 e. The minimum atomic E-state index is 0.423. The molecule has 0 aliphatic rings. The van der Waals surface area contributed by atoms with Gasteiger partial charge in [-0.25, -0.2) is 0 Å². The Kier molecular flexibility index (Phi) is 6.03.